The molecule has 0 saturated carbocycles. The van der Waals surface area contributed by atoms with E-state index in [2.05, 4.69) is 74.4 Å². The monoisotopic (exact) mass is 407 g/mol. The fourth-order valence-electron chi connectivity index (χ4n) is 3.50. The zero-order valence-electron chi connectivity index (χ0n) is 17.3. The Balaban J connectivity index is 0.00000133. The predicted molar refractivity (Wildman–Crippen MR) is 118 cm³/mol. The van der Waals surface area contributed by atoms with E-state index in [1.54, 1.807) is 0 Å². The van der Waals surface area contributed by atoms with E-state index in [9.17, 15) is 5.11 Å². The van der Waals surface area contributed by atoms with Crippen LogP contribution in [0.4, 0.5) is 0 Å². The second-order valence-electron chi connectivity index (χ2n) is 7.05. The Morgan fingerprint density at radius 1 is 1.00 bits per heavy atom. The molecule has 0 aliphatic carbocycles. The Kier molecular flexibility index (Phi) is 12.4. The van der Waals surface area contributed by atoms with Crippen molar-refractivity contribution in [2.75, 3.05) is 20.6 Å². The van der Waals surface area contributed by atoms with Gasteiger partial charge in [-0.25, -0.2) is 0 Å². The Morgan fingerprint density at radius 2 is 1.39 bits per heavy atom. The third-order valence-electron chi connectivity index (χ3n) is 4.71. The third-order valence-corrected chi connectivity index (χ3v) is 4.71. The lowest BCUT2D eigenvalue weighted by molar-refractivity contribution is -0.134. The highest BCUT2D eigenvalue weighted by atomic mass is 35.5. The van der Waals surface area contributed by atoms with E-state index in [-0.39, 0.29) is 17.8 Å². The van der Waals surface area contributed by atoms with Crippen molar-refractivity contribution >= 4 is 18.4 Å². The molecule has 0 spiro atoms. The first kappa shape index (κ1) is 26.1. The standard InChI is InChI=1S/C21H29NO.C2H4O2.ClH/c1-4-20(23)21(16-11-17-22(2)3,18-12-7-5-8-13-18)19-14-9-6-10-15-19;1-2(3)4;/h5-10,12-15,20,23H,4,11,16-17H2,1-3H3;1H3,(H,3,4);1H. The average Bonchev–Trinajstić information content (AvgIpc) is 2.65. The maximum atomic E-state index is 11.0. The summed E-state index contributed by atoms with van der Waals surface area (Å²) in [5, 5.41) is 18.4. The molecule has 0 heterocycles. The molecule has 2 rings (SSSR count). The lowest BCUT2D eigenvalue weighted by Gasteiger charge is -2.39. The molecule has 1 unspecified atom stereocenters. The first-order valence-electron chi connectivity index (χ1n) is 9.48. The van der Waals surface area contributed by atoms with E-state index in [0.717, 1.165) is 32.7 Å². The summed E-state index contributed by atoms with van der Waals surface area (Å²) in [7, 11) is 4.20. The van der Waals surface area contributed by atoms with Crippen LogP contribution in [0.2, 0.25) is 0 Å². The number of hydrogen-bond acceptors (Lipinski definition) is 3. The van der Waals surface area contributed by atoms with Gasteiger partial charge in [0.2, 0.25) is 0 Å². The Bertz CT molecular complexity index is 619. The van der Waals surface area contributed by atoms with Crippen LogP contribution >= 0.6 is 12.4 Å². The number of aliphatic carboxylic acids is 1. The second kappa shape index (κ2) is 13.3. The summed E-state index contributed by atoms with van der Waals surface area (Å²) in [5.74, 6) is -0.833. The van der Waals surface area contributed by atoms with Crippen LogP contribution in [0.3, 0.4) is 0 Å². The van der Waals surface area contributed by atoms with Gasteiger partial charge in [0.05, 0.1) is 6.10 Å². The lowest BCUT2D eigenvalue weighted by atomic mass is 9.66. The van der Waals surface area contributed by atoms with Gasteiger partial charge < -0.3 is 15.1 Å². The van der Waals surface area contributed by atoms with Gasteiger partial charge >= 0.3 is 0 Å². The quantitative estimate of drug-likeness (QED) is 0.671. The maximum Gasteiger partial charge on any atom is 0.300 e. The number of carboxylic acid groups (broad SMARTS) is 1. The molecule has 0 aromatic heterocycles. The van der Waals surface area contributed by atoms with Gasteiger partial charge in [-0.3, -0.25) is 4.79 Å². The molecule has 0 aliphatic heterocycles. The van der Waals surface area contributed by atoms with Crippen molar-refractivity contribution in [3.05, 3.63) is 71.8 Å². The van der Waals surface area contributed by atoms with E-state index in [4.69, 9.17) is 9.90 Å². The molecular formula is C23H34ClNO3. The molecule has 1 atom stereocenters. The van der Waals surface area contributed by atoms with Crippen LogP contribution in [-0.2, 0) is 10.2 Å². The summed E-state index contributed by atoms with van der Waals surface area (Å²) in [6, 6.07) is 21.0. The summed E-state index contributed by atoms with van der Waals surface area (Å²) in [6.45, 7) is 4.18. The van der Waals surface area contributed by atoms with Crippen LogP contribution in [0.5, 0.6) is 0 Å². The van der Waals surface area contributed by atoms with Gasteiger partial charge in [0.15, 0.2) is 0 Å². The van der Waals surface area contributed by atoms with Crippen molar-refractivity contribution in [2.45, 2.75) is 44.6 Å². The third kappa shape index (κ3) is 7.63. The van der Waals surface area contributed by atoms with Crippen molar-refractivity contribution in [3.63, 3.8) is 0 Å². The predicted octanol–water partition coefficient (Wildman–Crippen LogP) is 4.60. The molecule has 0 saturated heterocycles. The molecular weight excluding hydrogens is 374 g/mol. The van der Waals surface area contributed by atoms with E-state index in [1.165, 1.54) is 11.1 Å². The van der Waals surface area contributed by atoms with Crippen LogP contribution in [0.1, 0.15) is 44.2 Å². The van der Waals surface area contributed by atoms with Crippen LogP contribution in [0.25, 0.3) is 0 Å². The topological polar surface area (TPSA) is 60.8 Å². The normalized spacial score (nSPS) is 11.8. The molecule has 5 heteroatoms. The van der Waals surface area contributed by atoms with Gasteiger partial charge in [-0.15, -0.1) is 12.4 Å². The molecule has 4 nitrogen and oxygen atoms in total. The number of hydrogen-bond donors (Lipinski definition) is 2. The Hall–Kier alpha value is -1.88. The minimum atomic E-state index is -0.833. The van der Waals surface area contributed by atoms with Crippen molar-refractivity contribution in [2.24, 2.45) is 0 Å². The first-order chi connectivity index (χ1) is 12.8. The molecule has 2 N–H and O–H groups in total. The van der Waals surface area contributed by atoms with E-state index in [0.29, 0.717) is 0 Å². The molecule has 0 fully saturated rings. The van der Waals surface area contributed by atoms with Gasteiger partial charge in [-0.05, 0) is 51.0 Å². The molecule has 0 aliphatic rings. The van der Waals surface area contributed by atoms with Crippen LogP contribution in [0, 0.1) is 0 Å². The van der Waals surface area contributed by atoms with Gasteiger partial charge in [0.25, 0.3) is 5.97 Å². The van der Waals surface area contributed by atoms with E-state index in [1.807, 2.05) is 12.1 Å². The molecule has 0 radical (unpaired) electrons. The van der Waals surface area contributed by atoms with Gasteiger partial charge in [-0.1, -0.05) is 67.6 Å². The van der Waals surface area contributed by atoms with Crippen LogP contribution in [0.15, 0.2) is 60.7 Å². The number of benzene rings is 2. The number of carbonyl (C=O) groups is 1. The summed E-state index contributed by atoms with van der Waals surface area (Å²) >= 11 is 0. The smallest absolute Gasteiger partial charge is 0.300 e. The average molecular weight is 408 g/mol. The van der Waals surface area contributed by atoms with Crippen molar-refractivity contribution in [3.8, 4) is 0 Å². The molecule has 2 aromatic rings. The first-order valence-corrected chi connectivity index (χ1v) is 9.48. The highest BCUT2D eigenvalue weighted by molar-refractivity contribution is 5.85. The number of rotatable bonds is 8. The van der Waals surface area contributed by atoms with Crippen molar-refractivity contribution < 1.29 is 15.0 Å². The highest BCUT2D eigenvalue weighted by Crippen LogP contribution is 2.41. The van der Waals surface area contributed by atoms with Gasteiger partial charge in [-0.2, -0.15) is 0 Å². The molecule has 28 heavy (non-hydrogen) atoms. The summed E-state index contributed by atoms with van der Waals surface area (Å²) < 4.78 is 0. The molecule has 2 aromatic carbocycles. The van der Waals surface area contributed by atoms with Crippen LogP contribution in [-0.4, -0.2) is 47.8 Å². The molecule has 0 bridgehead atoms. The molecule has 0 amide bonds. The highest BCUT2D eigenvalue weighted by Gasteiger charge is 2.39. The Labute approximate surface area is 175 Å². The largest absolute Gasteiger partial charge is 0.481 e. The Morgan fingerprint density at radius 3 is 1.71 bits per heavy atom. The van der Waals surface area contributed by atoms with Gasteiger partial charge in [0, 0.05) is 12.3 Å². The summed E-state index contributed by atoms with van der Waals surface area (Å²) in [4.78, 5) is 11.2. The minimum absolute atomic E-state index is 0. The van der Waals surface area contributed by atoms with E-state index >= 15 is 0 Å². The molecule has 156 valence electrons. The zero-order valence-corrected chi connectivity index (χ0v) is 18.2. The maximum absolute atomic E-state index is 11.0. The van der Waals surface area contributed by atoms with Crippen molar-refractivity contribution in [1.82, 2.24) is 4.90 Å². The second-order valence-corrected chi connectivity index (χ2v) is 7.05. The minimum Gasteiger partial charge on any atom is -0.481 e. The SMILES string of the molecule is CC(=O)O.CCC(O)C(CCCN(C)C)(c1ccccc1)c1ccccc1.Cl. The fourth-order valence-corrected chi connectivity index (χ4v) is 3.50. The van der Waals surface area contributed by atoms with Gasteiger partial charge in [0.1, 0.15) is 0 Å². The summed E-state index contributed by atoms with van der Waals surface area (Å²) in [5.41, 5.74) is 2.08. The lowest BCUT2D eigenvalue weighted by Crippen LogP contribution is -2.41. The number of halogens is 1. The number of aliphatic hydroxyl groups is 1. The number of carboxylic acids is 1. The zero-order chi connectivity index (χ0) is 20.3. The number of aliphatic hydroxyl groups excluding tert-OH is 1. The fraction of sp³-hybridized carbons (Fsp3) is 0.435. The van der Waals surface area contributed by atoms with E-state index < -0.39 is 12.1 Å². The van der Waals surface area contributed by atoms with Crippen molar-refractivity contribution in [1.29, 1.82) is 0 Å². The number of nitrogens with zero attached hydrogens (tertiary/aromatic N) is 1. The van der Waals surface area contributed by atoms with Crippen LogP contribution < -0.4 is 0 Å². The summed E-state index contributed by atoms with van der Waals surface area (Å²) in [6.07, 6.45) is 2.34.